The van der Waals surface area contributed by atoms with Crippen molar-refractivity contribution in [1.29, 1.82) is 0 Å². The van der Waals surface area contributed by atoms with Crippen LogP contribution in [-0.2, 0) is 9.53 Å². The second-order valence-electron chi connectivity index (χ2n) is 4.84. The number of benzene rings is 2. The summed E-state index contributed by atoms with van der Waals surface area (Å²) >= 11 is 0. The molecule has 0 saturated heterocycles. The number of hydrogen-bond donors (Lipinski definition) is 2. The van der Waals surface area contributed by atoms with Crippen LogP contribution in [0.3, 0.4) is 0 Å². The van der Waals surface area contributed by atoms with E-state index < -0.39 is 0 Å². The van der Waals surface area contributed by atoms with Crippen LogP contribution in [0.5, 0.6) is 0 Å². The number of nitrogens with one attached hydrogen (secondary N) is 2. The van der Waals surface area contributed by atoms with Crippen molar-refractivity contribution in [2.45, 2.75) is 13.0 Å². The average molecular weight is 284 g/mol. The Bertz CT molecular complexity index is 584. The number of methoxy groups -OCH3 is 1. The average Bonchev–Trinajstić information content (AvgIpc) is 2.48. The van der Waals surface area contributed by atoms with E-state index in [4.69, 9.17) is 4.74 Å². The van der Waals surface area contributed by atoms with Crippen molar-refractivity contribution in [3.63, 3.8) is 0 Å². The van der Waals surface area contributed by atoms with Crippen LogP contribution in [0.2, 0.25) is 0 Å². The van der Waals surface area contributed by atoms with E-state index in [1.807, 2.05) is 42.5 Å². The Labute approximate surface area is 125 Å². The molecule has 0 radical (unpaired) electrons. The first-order valence-corrected chi connectivity index (χ1v) is 6.89. The first kappa shape index (κ1) is 15.1. The van der Waals surface area contributed by atoms with Gasteiger partial charge in [0, 0.05) is 24.5 Å². The SMILES string of the molecule is COCC(=O)Nc1cccc(NC(C)c2ccccc2)c1. The first-order chi connectivity index (χ1) is 10.2. The summed E-state index contributed by atoms with van der Waals surface area (Å²) in [4.78, 5) is 11.5. The zero-order chi connectivity index (χ0) is 15.1. The van der Waals surface area contributed by atoms with Crippen molar-refractivity contribution in [2.75, 3.05) is 24.4 Å². The lowest BCUT2D eigenvalue weighted by molar-refractivity contribution is -0.119. The molecule has 0 saturated carbocycles. The topological polar surface area (TPSA) is 50.4 Å². The molecule has 0 bridgehead atoms. The van der Waals surface area contributed by atoms with Crippen LogP contribution in [0.15, 0.2) is 54.6 Å². The summed E-state index contributed by atoms with van der Waals surface area (Å²) in [7, 11) is 1.50. The van der Waals surface area contributed by atoms with Gasteiger partial charge in [0.25, 0.3) is 0 Å². The molecule has 2 aromatic rings. The van der Waals surface area contributed by atoms with Crippen LogP contribution in [0.25, 0.3) is 0 Å². The van der Waals surface area contributed by atoms with E-state index in [2.05, 4.69) is 29.7 Å². The van der Waals surface area contributed by atoms with Gasteiger partial charge in [-0.05, 0) is 30.7 Å². The molecule has 1 atom stereocenters. The van der Waals surface area contributed by atoms with Crippen molar-refractivity contribution in [1.82, 2.24) is 0 Å². The van der Waals surface area contributed by atoms with Gasteiger partial charge in [-0.15, -0.1) is 0 Å². The Kier molecular flexibility index (Phi) is 5.35. The summed E-state index contributed by atoms with van der Waals surface area (Å²) in [5.41, 5.74) is 2.93. The van der Waals surface area contributed by atoms with E-state index in [9.17, 15) is 4.79 Å². The van der Waals surface area contributed by atoms with Gasteiger partial charge in [-0.1, -0.05) is 36.4 Å². The van der Waals surface area contributed by atoms with E-state index in [-0.39, 0.29) is 18.6 Å². The molecule has 1 unspecified atom stereocenters. The van der Waals surface area contributed by atoms with Gasteiger partial charge in [0.15, 0.2) is 0 Å². The van der Waals surface area contributed by atoms with Crippen molar-refractivity contribution < 1.29 is 9.53 Å². The fraction of sp³-hybridized carbons (Fsp3) is 0.235. The number of anilines is 2. The maximum atomic E-state index is 11.5. The van der Waals surface area contributed by atoms with Crippen LogP contribution >= 0.6 is 0 Å². The normalized spacial score (nSPS) is 11.7. The number of carbonyl (C=O) groups excluding carboxylic acids is 1. The summed E-state index contributed by atoms with van der Waals surface area (Å²) in [6.07, 6.45) is 0. The van der Waals surface area contributed by atoms with Gasteiger partial charge in [0.1, 0.15) is 6.61 Å². The zero-order valence-electron chi connectivity index (χ0n) is 12.3. The van der Waals surface area contributed by atoms with Crippen LogP contribution < -0.4 is 10.6 Å². The lowest BCUT2D eigenvalue weighted by Gasteiger charge is -2.16. The number of rotatable bonds is 6. The highest BCUT2D eigenvalue weighted by atomic mass is 16.5. The highest BCUT2D eigenvalue weighted by molar-refractivity contribution is 5.92. The lowest BCUT2D eigenvalue weighted by atomic mass is 10.1. The maximum Gasteiger partial charge on any atom is 0.250 e. The van der Waals surface area contributed by atoms with Gasteiger partial charge in [0.05, 0.1) is 0 Å². The molecule has 0 aliphatic carbocycles. The molecule has 110 valence electrons. The second kappa shape index (κ2) is 7.45. The molecule has 2 rings (SSSR count). The Morgan fingerprint density at radius 2 is 1.81 bits per heavy atom. The van der Waals surface area contributed by atoms with Gasteiger partial charge in [0.2, 0.25) is 5.91 Å². The van der Waals surface area contributed by atoms with Gasteiger partial charge < -0.3 is 15.4 Å². The molecule has 0 heterocycles. The molecule has 4 heteroatoms. The molecule has 4 nitrogen and oxygen atoms in total. The van der Waals surface area contributed by atoms with Crippen molar-refractivity contribution >= 4 is 17.3 Å². The summed E-state index contributed by atoms with van der Waals surface area (Å²) in [5.74, 6) is -0.161. The molecule has 0 spiro atoms. The third-order valence-electron chi connectivity index (χ3n) is 3.10. The Balaban J connectivity index is 2.02. The minimum absolute atomic E-state index is 0.0536. The molecule has 0 aliphatic rings. The summed E-state index contributed by atoms with van der Waals surface area (Å²) in [6, 6.07) is 18.1. The van der Waals surface area contributed by atoms with Gasteiger partial charge in [-0.3, -0.25) is 4.79 Å². The van der Waals surface area contributed by atoms with Crippen molar-refractivity contribution in [2.24, 2.45) is 0 Å². The van der Waals surface area contributed by atoms with Crippen LogP contribution in [0, 0.1) is 0 Å². The van der Waals surface area contributed by atoms with E-state index >= 15 is 0 Å². The van der Waals surface area contributed by atoms with E-state index in [0.717, 1.165) is 11.4 Å². The molecule has 0 fully saturated rings. The Morgan fingerprint density at radius 1 is 1.10 bits per heavy atom. The summed E-state index contributed by atoms with van der Waals surface area (Å²) < 4.78 is 4.80. The van der Waals surface area contributed by atoms with Crippen LogP contribution in [-0.4, -0.2) is 19.6 Å². The first-order valence-electron chi connectivity index (χ1n) is 6.89. The molecule has 0 aliphatic heterocycles. The number of amides is 1. The maximum absolute atomic E-state index is 11.5. The molecule has 2 aromatic carbocycles. The number of hydrogen-bond acceptors (Lipinski definition) is 3. The third-order valence-corrected chi connectivity index (χ3v) is 3.10. The molecular weight excluding hydrogens is 264 g/mol. The van der Waals surface area contributed by atoms with Gasteiger partial charge >= 0.3 is 0 Å². The van der Waals surface area contributed by atoms with Gasteiger partial charge in [-0.2, -0.15) is 0 Å². The Morgan fingerprint density at radius 3 is 2.52 bits per heavy atom. The summed E-state index contributed by atoms with van der Waals surface area (Å²) in [5, 5.41) is 6.21. The molecule has 1 amide bonds. The van der Waals surface area contributed by atoms with E-state index in [1.165, 1.54) is 12.7 Å². The fourth-order valence-corrected chi connectivity index (χ4v) is 2.09. The van der Waals surface area contributed by atoms with Gasteiger partial charge in [-0.25, -0.2) is 0 Å². The monoisotopic (exact) mass is 284 g/mol. The quantitative estimate of drug-likeness (QED) is 0.854. The zero-order valence-corrected chi connectivity index (χ0v) is 12.3. The van der Waals surface area contributed by atoms with Crippen LogP contribution in [0.4, 0.5) is 11.4 Å². The van der Waals surface area contributed by atoms with Crippen molar-refractivity contribution in [3.8, 4) is 0 Å². The van der Waals surface area contributed by atoms with E-state index in [1.54, 1.807) is 0 Å². The highest BCUT2D eigenvalue weighted by Crippen LogP contribution is 2.21. The standard InChI is InChI=1S/C17H20N2O2/c1-13(14-7-4-3-5-8-14)18-15-9-6-10-16(11-15)19-17(20)12-21-2/h3-11,13,18H,12H2,1-2H3,(H,19,20). The Hall–Kier alpha value is -2.33. The minimum Gasteiger partial charge on any atom is -0.378 e. The van der Waals surface area contributed by atoms with Crippen molar-refractivity contribution in [3.05, 3.63) is 60.2 Å². The third kappa shape index (κ3) is 4.61. The number of ether oxygens (including phenoxy) is 1. The second-order valence-corrected chi connectivity index (χ2v) is 4.84. The smallest absolute Gasteiger partial charge is 0.250 e. The largest absolute Gasteiger partial charge is 0.378 e. The molecule has 21 heavy (non-hydrogen) atoms. The van der Waals surface area contributed by atoms with Crippen LogP contribution in [0.1, 0.15) is 18.5 Å². The van der Waals surface area contributed by atoms with E-state index in [0.29, 0.717) is 0 Å². The highest BCUT2D eigenvalue weighted by Gasteiger charge is 2.06. The lowest BCUT2D eigenvalue weighted by Crippen LogP contribution is -2.17. The molecule has 0 aromatic heterocycles. The minimum atomic E-state index is -0.161. The number of carbonyl (C=O) groups is 1. The molecular formula is C17H20N2O2. The summed E-state index contributed by atoms with van der Waals surface area (Å²) in [6.45, 7) is 2.16. The predicted molar refractivity (Wildman–Crippen MR) is 85.4 cm³/mol. The fourth-order valence-electron chi connectivity index (χ4n) is 2.09. The predicted octanol–water partition coefficient (Wildman–Crippen LogP) is 3.44. The molecule has 2 N–H and O–H groups in total.